The molecule has 1 heteroatoms. The van der Waals surface area contributed by atoms with Crippen molar-refractivity contribution < 1.29 is 4.79 Å². The summed E-state index contributed by atoms with van der Waals surface area (Å²) in [6.45, 7) is 1.94. The summed E-state index contributed by atoms with van der Waals surface area (Å²) in [7, 11) is 0. The van der Waals surface area contributed by atoms with Crippen molar-refractivity contribution in [2.24, 2.45) is 0 Å². The fraction of sp³-hybridized carbons (Fsp3) is 0.500. The van der Waals surface area contributed by atoms with Gasteiger partial charge in [0.1, 0.15) is 5.78 Å². The molecule has 0 N–H and O–H groups in total. The van der Waals surface area contributed by atoms with Gasteiger partial charge in [0.25, 0.3) is 0 Å². The molecule has 0 bridgehead atoms. The van der Waals surface area contributed by atoms with E-state index in [1.807, 2.05) is 13.0 Å². The number of aryl methyl sites for hydroxylation is 1. The molecule has 82 valence electrons. The number of hydrogen-bond acceptors (Lipinski definition) is 1. The fourth-order valence-electron chi connectivity index (χ4n) is 1.65. The van der Waals surface area contributed by atoms with Crippen molar-refractivity contribution >= 4 is 5.78 Å². The first-order valence-corrected chi connectivity index (χ1v) is 5.88. The molecular weight excluding hydrogens is 184 g/mol. The van der Waals surface area contributed by atoms with Crippen LogP contribution in [0.4, 0.5) is 0 Å². The lowest BCUT2D eigenvalue weighted by Gasteiger charge is -2.01. The van der Waals surface area contributed by atoms with E-state index >= 15 is 0 Å². The number of Topliss-reactive ketones (excluding diaryl/α,β-unsaturated/α-hetero) is 1. The van der Waals surface area contributed by atoms with Gasteiger partial charge in [0.15, 0.2) is 0 Å². The van der Waals surface area contributed by atoms with Crippen molar-refractivity contribution in [1.29, 1.82) is 0 Å². The molecule has 0 aromatic heterocycles. The van der Waals surface area contributed by atoms with Crippen LogP contribution in [0.1, 0.15) is 44.6 Å². The van der Waals surface area contributed by atoms with Crippen LogP contribution in [0.3, 0.4) is 0 Å². The first-order valence-electron chi connectivity index (χ1n) is 5.88. The molecule has 1 aromatic carbocycles. The molecule has 0 heterocycles. The van der Waals surface area contributed by atoms with Crippen LogP contribution in [0.2, 0.25) is 0 Å². The molecule has 15 heavy (non-hydrogen) atoms. The Bertz CT molecular complexity index is 277. The number of hydrogen-bond donors (Lipinski definition) is 0. The average Bonchev–Trinajstić information content (AvgIpc) is 2.29. The zero-order chi connectivity index (χ0) is 10.9. The molecule has 1 rings (SSSR count). The fourth-order valence-corrected chi connectivity index (χ4v) is 1.65. The van der Waals surface area contributed by atoms with E-state index in [9.17, 15) is 4.79 Å². The van der Waals surface area contributed by atoms with E-state index < -0.39 is 0 Å². The Balaban J connectivity index is 2.05. The highest BCUT2D eigenvalue weighted by Gasteiger charge is 1.97. The minimum Gasteiger partial charge on any atom is -0.300 e. The van der Waals surface area contributed by atoms with E-state index in [4.69, 9.17) is 0 Å². The third-order valence-corrected chi connectivity index (χ3v) is 2.66. The Labute approximate surface area is 92.5 Å². The van der Waals surface area contributed by atoms with Gasteiger partial charge in [-0.05, 0) is 24.8 Å². The van der Waals surface area contributed by atoms with E-state index in [1.54, 1.807) is 0 Å². The van der Waals surface area contributed by atoms with Crippen LogP contribution >= 0.6 is 0 Å². The van der Waals surface area contributed by atoms with Crippen molar-refractivity contribution in [1.82, 2.24) is 0 Å². The van der Waals surface area contributed by atoms with E-state index in [2.05, 4.69) is 24.3 Å². The predicted octanol–water partition coefficient (Wildman–Crippen LogP) is 3.77. The van der Waals surface area contributed by atoms with Gasteiger partial charge in [-0.2, -0.15) is 0 Å². The topological polar surface area (TPSA) is 17.1 Å². The van der Waals surface area contributed by atoms with Crippen LogP contribution in [0, 0.1) is 0 Å². The number of unbranched alkanes of at least 4 members (excludes halogenated alkanes) is 2. The van der Waals surface area contributed by atoms with Crippen LogP contribution in [0.15, 0.2) is 30.3 Å². The van der Waals surface area contributed by atoms with Gasteiger partial charge in [-0.3, -0.25) is 4.79 Å². The molecule has 0 radical (unpaired) electrons. The minimum absolute atomic E-state index is 0.398. The zero-order valence-corrected chi connectivity index (χ0v) is 9.54. The molecule has 0 unspecified atom stereocenters. The molecule has 0 amide bonds. The third kappa shape index (κ3) is 5.36. The summed E-state index contributed by atoms with van der Waals surface area (Å²) in [4.78, 5) is 11.0. The summed E-state index contributed by atoms with van der Waals surface area (Å²) in [5.74, 6) is 0.398. The summed E-state index contributed by atoms with van der Waals surface area (Å²) in [6, 6.07) is 10.5. The highest BCUT2D eigenvalue weighted by Crippen LogP contribution is 2.08. The van der Waals surface area contributed by atoms with Gasteiger partial charge >= 0.3 is 0 Å². The maximum Gasteiger partial charge on any atom is 0.132 e. The second kappa shape index (κ2) is 7.22. The predicted molar refractivity (Wildman–Crippen MR) is 63.9 cm³/mol. The number of rotatable bonds is 7. The van der Waals surface area contributed by atoms with Crippen LogP contribution in [-0.4, -0.2) is 5.78 Å². The third-order valence-electron chi connectivity index (χ3n) is 2.66. The first kappa shape index (κ1) is 12.0. The molecule has 0 aliphatic rings. The number of benzene rings is 1. The van der Waals surface area contributed by atoms with Gasteiger partial charge in [0.05, 0.1) is 0 Å². The standard InChI is InChI=1S/C14H20O/c1-2-14(15)12-8-4-7-11-13-9-5-3-6-10-13/h3,5-6,9-10H,2,4,7-8,11-12H2,1H3. The van der Waals surface area contributed by atoms with E-state index in [0.29, 0.717) is 12.2 Å². The van der Waals surface area contributed by atoms with Crippen molar-refractivity contribution in [2.45, 2.75) is 45.4 Å². The molecule has 0 atom stereocenters. The quantitative estimate of drug-likeness (QED) is 0.618. The zero-order valence-electron chi connectivity index (χ0n) is 9.54. The summed E-state index contributed by atoms with van der Waals surface area (Å²) in [5, 5.41) is 0. The maximum absolute atomic E-state index is 11.0. The molecule has 0 spiro atoms. The van der Waals surface area contributed by atoms with E-state index in [-0.39, 0.29) is 0 Å². The Hall–Kier alpha value is -1.11. The van der Waals surface area contributed by atoms with E-state index in [1.165, 1.54) is 18.4 Å². The molecule has 0 aliphatic carbocycles. The van der Waals surface area contributed by atoms with Crippen molar-refractivity contribution in [2.75, 3.05) is 0 Å². The van der Waals surface area contributed by atoms with Gasteiger partial charge in [-0.25, -0.2) is 0 Å². The normalized spacial score (nSPS) is 10.2. The summed E-state index contributed by atoms with van der Waals surface area (Å²) < 4.78 is 0. The van der Waals surface area contributed by atoms with Crippen LogP contribution in [-0.2, 0) is 11.2 Å². The Morgan fingerprint density at radius 2 is 1.80 bits per heavy atom. The summed E-state index contributed by atoms with van der Waals surface area (Å²) in [5.41, 5.74) is 1.40. The minimum atomic E-state index is 0.398. The molecule has 0 aliphatic heterocycles. The maximum atomic E-state index is 11.0. The molecule has 1 nitrogen and oxygen atoms in total. The second-order valence-corrected chi connectivity index (χ2v) is 3.94. The van der Waals surface area contributed by atoms with Gasteiger partial charge in [0, 0.05) is 12.8 Å². The SMILES string of the molecule is CCC(=O)CCCCCc1ccccc1. The molecule has 0 fully saturated rings. The monoisotopic (exact) mass is 204 g/mol. The lowest BCUT2D eigenvalue weighted by Crippen LogP contribution is -1.94. The van der Waals surface area contributed by atoms with Crippen molar-refractivity contribution in [3.63, 3.8) is 0 Å². The number of carbonyl (C=O) groups excluding carboxylic acids is 1. The first-order chi connectivity index (χ1) is 7.33. The van der Waals surface area contributed by atoms with Gasteiger partial charge in [-0.15, -0.1) is 0 Å². The Kier molecular flexibility index (Phi) is 5.76. The van der Waals surface area contributed by atoms with Gasteiger partial charge < -0.3 is 0 Å². The van der Waals surface area contributed by atoms with Crippen molar-refractivity contribution in [3.8, 4) is 0 Å². The Morgan fingerprint density at radius 1 is 1.07 bits per heavy atom. The van der Waals surface area contributed by atoms with E-state index in [0.717, 1.165) is 19.3 Å². The smallest absolute Gasteiger partial charge is 0.132 e. The van der Waals surface area contributed by atoms with Gasteiger partial charge in [0.2, 0.25) is 0 Å². The summed E-state index contributed by atoms with van der Waals surface area (Å²) in [6.07, 6.45) is 6.02. The van der Waals surface area contributed by atoms with Crippen LogP contribution in [0.25, 0.3) is 0 Å². The molecule has 0 saturated heterocycles. The van der Waals surface area contributed by atoms with Crippen LogP contribution < -0.4 is 0 Å². The van der Waals surface area contributed by atoms with Gasteiger partial charge in [-0.1, -0.05) is 43.7 Å². The number of carbonyl (C=O) groups is 1. The highest BCUT2D eigenvalue weighted by molar-refractivity contribution is 5.77. The lowest BCUT2D eigenvalue weighted by atomic mass is 10.0. The summed E-state index contributed by atoms with van der Waals surface area (Å²) >= 11 is 0. The average molecular weight is 204 g/mol. The van der Waals surface area contributed by atoms with Crippen molar-refractivity contribution in [3.05, 3.63) is 35.9 Å². The largest absolute Gasteiger partial charge is 0.300 e. The Morgan fingerprint density at radius 3 is 2.47 bits per heavy atom. The number of ketones is 1. The van der Waals surface area contributed by atoms with Crippen LogP contribution in [0.5, 0.6) is 0 Å². The highest BCUT2D eigenvalue weighted by atomic mass is 16.1. The second-order valence-electron chi connectivity index (χ2n) is 3.94. The molecule has 0 saturated carbocycles. The molecular formula is C14H20O. The lowest BCUT2D eigenvalue weighted by molar-refractivity contribution is -0.118. The molecule has 1 aromatic rings.